The van der Waals surface area contributed by atoms with Crippen molar-refractivity contribution in [3.8, 4) is 5.69 Å². The van der Waals surface area contributed by atoms with Gasteiger partial charge in [-0.3, -0.25) is 4.98 Å². The Morgan fingerprint density at radius 2 is 2.22 bits per heavy atom. The van der Waals surface area contributed by atoms with Gasteiger partial charge in [0, 0.05) is 23.6 Å². The molecule has 1 unspecified atom stereocenters. The van der Waals surface area contributed by atoms with E-state index in [2.05, 4.69) is 35.5 Å². The second kappa shape index (κ2) is 4.25. The maximum atomic E-state index is 6.22. The quantitative estimate of drug-likeness (QED) is 0.834. The molecule has 0 spiro atoms. The second-order valence-corrected chi connectivity index (χ2v) is 5.18. The average molecular weight is 241 g/mol. The number of nitrogens with two attached hydrogens (primary N) is 1. The molecule has 3 heteroatoms. The molecule has 1 atom stereocenters. The minimum absolute atomic E-state index is 0.200. The molecule has 0 bridgehead atoms. The highest BCUT2D eigenvalue weighted by Gasteiger charge is 2.23. The Morgan fingerprint density at radius 3 is 3.00 bits per heavy atom. The van der Waals surface area contributed by atoms with Gasteiger partial charge in [-0.1, -0.05) is 0 Å². The van der Waals surface area contributed by atoms with Crippen molar-refractivity contribution in [2.24, 2.45) is 5.73 Å². The zero-order valence-electron chi connectivity index (χ0n) is 11.0. The summed E-state index contributed by atoms with van der Waals surface area (Å²) in [5, 5.41) is 0. The highest BCUT2D eigenvalue weighted by Crippen LogP contribution is 2.33. The van der Waals surface area contributed by atoms with Crippen molar-refractivity contribution in [1.29, 1.82) is 0 Å². The van der Waals surface area contributed by atoms with Crippen LogP contribution in [0.1, 0.15) is 41.4 Å². The lowest BCUT2D eigenvalue weighted by Gasteiger charge is -2.21. The molecule has 18 heavy (non-hydrogen) atoms. The largest absolute Gasteiger partial charge is 0.324 e. The van der Waals surface area contributed by atoms with Gasteiger partial charge in [0.05, 0.1) is 11.9 Å². The number of aromatic nitrogens is 2. The smallest absolute Gasteiger partial charge is 0.0667 e. The minimum atomic E-state index is 0.200. The molecule has 0 fully saturated rings. The van der Waals surface area contributed by atoms with E-state index in [4.69, 9.17) is 5.73 Å². The first-order valence-corrected chi connectivity index (χ1v) is 6.56. The molecule has 2 N–H and O–H groups in total. The fraction of sp³-hybridized carbons (Fsp3) is 0.400. The predicted molar refractivity (Wildman–Crippen MR) is 72.9 cm³/mol. The van der Waals surface area contributed by atoms with Gasteiger partial charge in [0.1, 0.15) is 0 Å². The lowest BCUT2D eigenvalue weighted by Crippen LogP contribution is -2.18. The molecule has 94 valence electrons. The van der Waals surface area contributed by atoms with Gasteiger partial charge in [0.15, 0.2) is 0 Å². The fourth-order valence-corrected chi connectivity index (χ4v) is 2.96. The molecular formula is C15H19N3. The standard InChI is InChI=1S/C15H19N3/c1-10-6-7-17-9-15(10)18-11(2)8-12-13(16)4-3-5-14(12)18/h6-9,13H,3-5,16H2,1-2H3. The van der Waals surface area contributed by atoms with Gasteiger partial charge in [-0.25, -0.2) is 0 Å². The van der Waals surface area contributed by atoms with Gasteiger partial charge in [-0.2, -0.15) is 0 Å². The third-order valence-corrected chi connectivity index (χ3v) is 3.90. The van der Waals surface area contributed by atoms with Crippen LogP contribution in [-0.4, -0.2) is 9.55 Å². The first-order valence-electron chi connectivity index (χ1n) is 6.56. The summed E-state index contributed by atoms with van der Waals surface area (Å²) in [6, 6.07) is 4.50. The van der Waals surface area contributed by atoms with Gasteiger partial charge in [0.2, 0.25) is 0 Å². The average Bonchev–Trinajstić information content (AvgIpc) is 2.68. The molecule has 1 aliphatic rings. The number of hydrogen-bond donors (Lipinski definition) is 1. The van der Waals surface area contributed by atoms with Crippen LogP contribution in [0, 0.1) is 13.8 Å². The molecule has 2 aromatic heterocycles. The molecule has 3 nitrogen and oxygen atoms in total. The molecule has 0 radical (unpaired) electrons. The van der Waals surface area contributed by atoms with Crippen molar-refractivity contribution in [2.75, 3.05) is 0 Å². The van der Waals surface area contributed by atoms with Crippen LogP contribution in [0.25, 0.3) is 5.69 Å². The number of pyridine rings is 1. The van der Waals surface area contributed by atoms with E-state index in [0.717, 1.165) is 12.8 Å². The van der Waals surface area contributed by atoms with Gasteiger partial charge >= 0.3 is 0 Å². The summed E-state index contributed by atoms with van der Waals surface area (Å²) in [6.07, 6.45) is 7.18. The van der Waals surface area contributed by atoms with Crippen LogP contribution in [-0.2, 0) is 6.42 Å². The van der Waals surface area contributed by atoms with Crippen LogP contribution >= 0.6 is 0 Å². The fourth-order valence-electron chi connectivity index (χ4n) is 2.96. The summed E-state index contributed by atoms with van der Waals surface area (Å²) in [4.78, 5) is 4.26. The van der Waals surface area contributed by atoms with Crippen molar-refractivity contribution in [3.63, 3.8) is 0 Å². The number of hydrogen-bond acceptors (Lipinski definition) is 2. The van der Waals surface area contributed by atoms with Crippen LogP contribution in [0.15, 0.2) is 24.5 Å². The summed E-state index contributed by atoms with van der Waals surface area (Å²) in [6.45, 7) is 4.28. The third-order valence-electron chi connectivity index (χ3n) is 3.90. The lowest BCUT2D eigenvalue weighted by molar-refractivity contribution is 0.559. The molecule has 0 saturated heterocycles. The SMILES string of the molecule is Cc1ccncc1-n1c(C)cc2c1CCCC2N. The summed E-state index contributed by atoms with van der Waals surface area (Å²) < 4.78 is 2.33. The van der Waals surface area contributed by atoms with Crippen LogP contribution in [0.5, 0.6) is 0 Å². The van der Waals surface area contributed by atoms with E-state index in [1.807, 2.05) is 12.4 Å². The monoisotopic (exact) mass is 241 g/mol. The highest BCUT2D eigenvalue weighted by atomic mass is 15.0. The Morgan fingerprint density at radius 1 is 1.39 bits per heavy atom. The molecule has 0 aliphatic heterocycles. The van der Waals surface area contributed by atoms with Crippen LogP contribution in [0.2, 0.25) is 0 Å². The van der Waals surface area contributed by atoms with Crippen LogP contribution in [0.4, 0.5) is 0 Å². The van der Waals surface area contributed by atoms with E-state index in [1.165, 1.54) is 34.6 Å². The van der Waals surface area contributed by atoms with E-state index in [0.29, 0.717) is 0 Å². The molecule has 2 aromatic rings. The Labute approximate surface area is 108 Å². The number of aryl methyl sites for hydroxylation is 2. The molecule has 3 rings (SSSR count). The van der Waals surface area contributed by atoms with Crippen molar-refractivity contribution in [3.05, 3.63) is 47.0 Å². The zero-order valence-corrected chi connectivity index (χ0v) is 11.0. The summed E-state index contributed by atoms with van der Waals surface area (Å²) in [7, 11) is 0. The van der Waals surface area contributed by atoms with Crippen molar-refractivity contribution in [2.45, 2.75) is 39.2 Å². The van der Waals surface area contributed by atoms with E-state index in [-0.39, 0.29) is 6.04 Å². The number of fused-ring (bicyclic) bond motifs is 1. The molecule has 0 amide bonds. The topological polar surface area (TPSA) is 43.8 Å². The van der Waals surface area contributed by atoms with Gasteiger partial charge < -0.3 is 10.3 Å². The van der Waals surface area contributed by atoms with Gasteiger partial charge in [-0.15, -0.1) is 0 Å². The predicted octanol–water partition coefficient (Wildman–Crippen LogP) is 2.83. The van der Waals surface area contributed by atoms with E-state index < -0.39 is 0 Å². The first-order chi connectivity index (χ1) is 8.68. The number of nitrogens with zero attached hydrogens (tertiary/aromatic N) is 2. The number of rotatable bonds is 1. The summed E-state index contributed by atoms with van der Waals surface area (Å²) >= 11 is 0. The van der Waals surface area contributed by atoms with Crippen molar-refractivity contribution in [1.82, 2.24) is 9.55 Å². The van der Waals surface area contributed by atoms with Crippen molar-refractivity contribution >= 4 is 0 Å². The Hall–Kier alpha value is -1.61. The summed E-state index contributed by atoms with van der Waals surface area (Å²) in [5.74, 6) is 0. The third kappa shape index (κ3) is 1.66. The zero-order chi connectivity index (χ0) is 12.7. The first kappa shape index (κ1) is 11.5. The van der Waals surface area contributed by atoms with Gasteiger partial charge in [-0.05, 0) is 56.4 Å². The molecule has 0 aromatic carbocycles. The van der Waals surface area contributed by atoms with Crippen LogP contribution in [0.3, 0.4) is 0 Å². The van der Waals surface area contributed by atoms with E-state index >= 15 is 0 Å². The summed E-state index contributed by atoms with van der Waals surface area (Å²) in [5.41, 5.74) is 12.6. The highest BCUT2D eigenvalue weighted by molar-refractivity contribution is 5.46. The molecule has 0 saturated carbocycles. The van der Waals surface area contributed by atoms with Gasteiger partial charge in [0.25, 0.3) is 0 Å². The Bertz CT molecular complexity index is 583. The van der Waals surface area contributed by atoms with Crippen LogP contribution < -0.4 is 5.73 Å². The maximum Gasteiger partial charge on any atom is 0.0667 e. The molecule has 2 heterocycles. The molecular weight excluding hydrogens is 222 g/mol. The van der Waals surface area contributed by atoms with Crippen molar-refractivity contribution < 1.29 is 0 Å². The normalized spacial score (nSPS) is 18.7. The Kier molecular flexibility index (Phi) is 2.71. The maximum absolute atomic E-state index is 6.22. The Balaban J connectivity index is 2.22. The minimum Gasteiger partial charge on any atom is -0.324 e. The second-order valence-electron chi connectivity index (χ2n) is 5.18. The van der Waals surface area contributed by atoms with E-state index in [9.17, 15) is 0 Å². The lowest BCUT2D eigenvalue weighted by atomic mass is 9.93. The molecule has 1 aliphatic carbocycles. The van der Waals surface area contributed by atoms with E-state index in [1.54, 1.807) is 0 Å².